The van der Waals surface area contributed by atoms with Crippen molar-refractivity contribution in [1.29, 1.82) is 0 Å². The summed E-state index contributed by atoms with van der Waals surface area (Å²) in [6.07, 6.45) is 1.57. The molecule has 0 aliphatic carbocycles. The molecule has 2 aromatic carbocycles. The number of nitrogens with zero attached hydrogens (tertiary/aromatic N) is 3. The number of methoxy groups -OCH3 is 2. The molecule has 1 atom stereocenters. The van der Waals surface area contributed by atoms with E-state index in [9.17, 15) is 19.7 Å². The third kappa shape index (κ3) is 8.61. The fourth-order valence-corrected chi connectivity index (χ4v) is 5.77. The number of ether oxygens (including phenoxy) is 4. The molecule has 1 fully saturated rings. The van der Waals surface area contributed by atoms with Gasteiger partial charge in [-0.15, -0.1) is 0 Å². The Morgan fingerprint density at radius 1 is 0.867 bits per heavy atom. The Kier molecular flexibility index (Phi) is 11.9. The number of benzene rings is 2. The number of esters is 2. The monoisotopic (exact) mass is 622 g/mol. The number of carbonyl (C=O) groups is 2. The SMILES string of the molecule is COC(=O)C1=C(C)NC(C)=C(C(=O)OCCCN2CCN(CCCOc3ccccc3OC)CC2)C1c1cccc([N+](=O)[O-])c1. The van der Waals surface area contributed by atoms with Crippen LogP contribution in [0.4, 0.5) is 5.69 Å². The Morgan fingerprint density at radius 2 is 1.47 bits per heavy atom. The van der Waals surface area contributed by atoms with Crippen LogP contribution in [0.3, 0.4) is 0 Å². The van der Waals surface area contributed by atoms with Gasteiger partial charge >= 0.3 is 11.9 Å². The fourth-order valence-electron chi connectivity index (χ4n) is 5.77. The molecular formula is C33H42N4O8. The third-order valence-electron chi connectivity index (χ3n) is 8.06. The first-order chi connectivity index (χ1) is 21.7. The molecule has 0 saturated carbocycles. The van der Waals surface area contributed by atoms with Crippen LogP contribution in [-0.4, -0.2) is 93.4 Å². The lowest BCUT2D eigenvalue weighted by molar-refractivity contribution is -0.384. The number of dihydropyridines is 1. The molecule has 0 bridgehead atoms. The number of hydrogen-bond acceptors (Lipinski definition) is 11. The predicted molar refractivity (Wildman–Crippen MR) is 168 cm³/mol. The summed E-state index contributed by atoms with van der Waals surface area (Å²) in [5.74, 6) is -0.590. The summed E-state index contributed by atoms with van der Waals surface area (Å²) >= 11 is 0. The maximum atomic E-state index is 13.5. The van der Waals surface area contributed by atoms with Crippen molar-refractivity contribution in [3.8, 4) is 11.5 Å². The van der Waals surface area contributed by atoms with Crippen molar-refractivity contribution in [2.75, 3.05) is 66.7 Å². The molecule has 1 N–H and O–H groups in total. The Hall–Kier alpha value is -4.42. The largest absolute Gasteiger partial charge is 0.493 e. The normalized spacial score (nSPS) is 17.5. The first-order valence-corrected chi connectivity index (χ1v) is 15.1. The number of para-hydroxylation sites is 2. The number of nitrogens with one attached hydrogen (secondary N) is 1. The minimum Gasteiger partial charge on any atom is -0.493 e. The van der Waals surface area contributed by atoms with Crippen molar-refractivity contribution in [1.82, 2.24) is 15.1 Å². The summed E-state index contributed by atoms with van der Waals surface area (Å²) in [6.45, 7) is 9.77. The zero-order chi connectivity index (χ0) is 32.3. The van der Waals surface area contributed by atoms with Crippen molar-refractivity contribution in [2.24, 2.45) is 0 Å². The van der Waals surface area contributed by atoms with Gasteiger partial charge in [0.2, 0.25) is 0 Å². The predicted octanol–water partition coefficient (Wildman–Crippen LogP) is 4.03. The number of allylic oxidation sites excluding steroid dienone is 2. The van der Waals surface area contributed by atoms with Gasteiger partial charge in [-0.3, -0.25) is 10.1 Å². The van der Waals surface area contributed by atoms with Crippen molar-refractivity contribution >= 4 is 17.6 Å². The average Bonchev–Trinajstić information content (AvgIpc) is 3.05. The second kappa shape index (κ2) is 16.1. The summed E-state index contributed by atoms with van der Waals surface area (Å²) in [4.78, 5) is 42.0. The maximum absolute atomic E-state index is 13.5. The number of hydrogen-bond donors (Lipinski definition) is 1. The Bertz CT molecular complexity index is 1430. The van der Waals surface area contributed by atoms with Gasteiger partial charge in [-0.25, -0.2) is 9.59 Å². The van der Waals surface area contributed by atoms with Crippen LogP contribution in [0.25, 0.3) is 0 Å². The van der Waals surface area contributed by atoms with E-state index in [-0.39, 0.29) is 23.4 Å². The van der Waals surface area contributed by atoms with Crippen LogP contribution in [0.15, 0.2) is 71.1 Å². The molecule has 2 aromatic rings. The first kappa shape index (κ1) is 33.5. The second-order valence-corrected chi connectivity index (χ2v) is 11.0. The summed E-state index contributed by atoms with van der Waals surface area (Å²) in [5, 5.41) is 14.6. The summed E-state index contributed by atoms with van der Waals surface area (Å²) < 4.78 is 21.9. The fraction of sp³-hybridized carbons (Fsp3) is 0.455. The van der Waals surface area contributed by atoms with Crippen LogP contribution in [-0.2, 0) is 19.1 Å². The second-order valence-electron chi connectivity index (χ2n) is 11.0. The summed E-state index contributed by atoms with van der Waals surface area (Å²) in [6, 6.07) is 13.6. The third-order valence-corrected chi connectivity index (χ3v) is 8.06. The van der Waals surface area contributed by atoms with Crippen molar-refractivity contribution in [3.63, 3.8) is 0 Å². The van der Waals surface area contributed by atoms with Crippen molar-refractivity contribution in [2.45, 2.75) is 32.6 Å². The number of piperazine rings is 1. The molecular weight excluding hydrogens is 580 g/mol. The number of non-ortho nitro benzene ring substituents is 1. The molecule has 2 aliphatic heterocycles. The zero-order valence-corrected chi connectivity index (χ0v) is 26.4. The molecule has 2 heterocycles. The summed E-state index contributed by atoms with van der Waals surface area (Å²) in [7, 11) is 2.89. The van der Waals surface area contributed by atoms with E-state index in [1.807, 2.05) is 24.3 Å². The van der Waals surface area contributed by atoms with Gasteiger partial charge in [0.25, 0.3) is 5.69 Å². The van der Waals surface area contributed by atoms with E-state index in [0.717, 1.165) is 57.2 Å². The molecule has 4 rings (SSSR count). The van der Waals surface area contributed by atoms with Crippen LogP contribution in [0.5, 0.6) is 11.5 Å². The van der Waals surface area contributed by atoms with Gasteiger partial charge in [-0.05, 0) is 44.4 Å². The van der Waals surface area contributed by atoms with Gasteiger partial charge in [0.05, 0.1) is 49.4 Å². The molecule has 12 nitrogen and oxygen atoms in total. The topological polar surface area (TPSA) is 133 Å². The number of carbonyl (C=O) groups excluding carboxylic acids is 2. The highest BCUT2D eigenvalue weighted by molar-refractivity contribution is 5.99. The van der Waals surface area contributed by atoms with E-state index in [4.69, 9.17) is 18.9 Å². The van der Waals surface area contributed by atoms with Crippen molar-refractivity contribution < 1.29 is 33.5 Å². The zero-order valence-electron chi connectivity index (χ0n) is 26.4. The number of rotatable bonds is 14. The van der Waals surface area contributed by atoms with Gasteiger partial charge in [0.15, 0.2) is 11.5 Å². The van der Waals surface area contributed by atoms with Crippen LogP contribution in [0.1, 0.15) is 38.2 Å². The molecule has 45 heavy (non-hydrogen) atoms. The molecule has 1 unspecified atom stereocenters. The Morgan fingerprint density at radius 3 is 2.07 bits per heavy atom. The van der Waals surface area contributed by atoms with Gasteiger partial charge in [0.1, 0.15) is 0 Å². The Labute approximate surface area is 263 Å². The highest BCUT2D eigenvalue weighted by atomic mass is 16.6. The van der Waals surface area contributed by atoms with E-state index in [1.54, 1.807) is 27.0 Å². The van der Waals surface area contributed by atoms with Gasteiger partial charge < -0.3 is 34.1 Å². The van der Waals surface area contributed by atoms with E-state index in [1.165, 1.54) is 25.3 Å². The first-order valence-electron chi connectivity index (χ1n) is 15.1. The Balaban J connectivity index is 1.26. The summed E-state index contributed by atoms with van der Waals surface area (Å²) in [5.41, 5.74) is 1.76. The molecule has 12 heteroatoms. The van der Waals surface area contributed by atoms with Gasteiger partial charge in [-0.1, -0.05) is 24.3 Å². The van der Waals surface area contributed by atoms with Crippen molar-refractivity contribution in [3.05, 3.63) is 86.7 Å². The molecule has 0 spiro atoms. The smallest absolute Gasteiger partial charge is 0.336 e. The highest BCUT2D eigenvalue weighted by Gasteiger charge is 2.38. The number of nitro groups is 1. The molecule has 0 radical (unpaired) electrons. The lowest BCUT2D eigenvalue weighted by atomic mass is 9.80. The molecule has 1 saturated heterocycles. The van der Waals surface area contributed by atoms with E-state index < -0.39 is 22.8 Å². The maximum Gasteiger partial charge on any atom is 0.336 e. The minimum absolute atomic E-state index is 0.139. The molecule has 242 valence electrons. The molecule has 2 aliphatic rings. The quantitative estimate of drug-likeness (QED) is 0.142. The minimum atomic E-state index is -0.876. The number of nitro benzene ring substituents is 1. The standard InChI is InChI=1S/C33H42N4O8/c1-23-29(32(38)43-4)31(25-10-7-11-26(22-25)37(40)41)30(24(2)34-23)33(39)45-21-9-15-36-18-16-35(17-19-36)14-8-20-44-28-13-6-5-12-27(28)42-3/h5-7,10-13,22,31,34H,8-9,14-21H2,1-4H3. The van der Waals surface area contributed by atoms with Crippen LogP contribution < -0.4 is 14.8 Å². The van der Waals surface area contributed by atoms with E-state index in [2.05, 4.69) is 15.1 Å². The van der Waals surface area contributed by atoms with Gasteiger partial charge in [0, 0.05) is 62.8 Å². The lowest BCUT2D eigenvalue weighted by Gasteiger charge is -2.34. The van der Waals surface area contributed by atoms with Crippen LogP contribution in [0.2, 0.25) is 0 Å². The highest BCUT2D eigenvalue weighted by Crippen LogP contribution is 2.40. The molecule has 0 aromatic heterocycles. The average molecular weight is 623 g/mol. The van der Waals surface area contributed by atoms with E-state index in [0.29, 0.717) is 30.0 Å². The lowest BCUT2D eigenvalue weighted by Crippen LogP contribution is -2.47. The van der Waals surface area contributed by atoms with Gasteiger partial charge in [-0.2, -0.15) is 0 Å². The van der Waals surface area contributed by atoms with Crippen LogP contribution in [0, 0.1) is 10.1 Å². The van der Waals surface area contributed by atoms with E-state index >= 15 is 0 Å². The molecule has 0 amide bonds. The van der Waals surface area contributed by atoms with Crippen LogP contribution >= 0.6 is 0 Å².